The number of anilines is 1. The minimum atomic E-state index is -3.65. The molecule has 0 radical (unpaired) electrons. The normalized spacial score (nSPS) is 17.6. The van der Waals surface area contributed by atoms with Gasteiger partial charge in [0.15, 0.2) is 0 Å². The Bertz CT molecular complexity index is 1310. The smallest absolute Gasteiger partial charge is 0.243 e. The lowest BCUT2D eigenvalue weighted by molar-refractivity contribution is 0.229. The summed E-state index contributed by atoms with van der Waals surface area (Å²) in [5, 5.41) is 3.58. The fourth-order valence-electron chi connectivity index (χ4n) is 4.89. The Kier molecular flexibility index (Phi) is 5.40. The van der Waals surface area contributed by atoms with Gasteiger partial charge in [0, 0.05) is 37.3 Å². The van der Waals surface area contributed by atoms with E-state index in [1.807, 2.05) is 25.4 Å². The Morgan fingerprint density at radius 1 is 1.06 bits per heavy atom. The molecule has 9 heteroatoms. The van der Waals surface area contributed by atoms with Crippen molar-refractivity contribution in [1.29, 1.82) is 0 Å². The van der Waals surface area contributed by atoms with E-state index in [0.29, 0.717) is 24.1 Å². The Morgan fingerprint density at radius 2 is 1.81 bits per heavy atom. The van der Waals surface area contributed by atoms with E-state index in [4.69, 9.17) is 28.2 Å². The molecule has 1 saturated heterocycles. The zero-order valence-electron chi connectivity index (χ0n) is 17.5. The van der Waals surface area contributed by atoms with Gasteiger partial charge < -0.3 is 5.32 Å². The van der Waals surface area contributed by atoms with Gasteiger partial charge >= 0.3 is 0 Å². The van der Waals surface area contributed by atoms with Gasteiger partial charge in [-0.2, -0.15) is 4.31 Å². The average Bonchev–Trinajstić information content (AvgIpc) is 2.81. The highest BCUT2D eigenvalue weighted by atomic mass is 35.5. The second-order valence-corrected chi connectivity index (χ2v) is 11.1. The highest BCUT2D eigenvalue weighted by Gasteiger charge is 2.44. The lowest BCUT2D eigenvalue weighted by atomic mass is 9.64. The number of benzene rings is 2. The maximum absolute atomic E-state index is 13.2. The molecule has 1 N–H and O–H groups in total. The molecule has 1 aromatic heterocycles. The molecule has 0 atom stereocenters. The lowest BCUT2D eigenvalue weighted by Crippen LogP contribution is -2.47. The third-order valence-electron chi connectivity index (χ3n) is 6.58. The summed E-state index contributed by atoms with van der Waals surface area (Å²) in [6.07, 6.45) is 4.13. The number of rotatable bonds is 3. The van der Waals surface area contributed by atoms with Gasteiger partial charge in [0.2, 0.25) is 16.0 Å². The Labute approximate surface area is 197 Å². The molecule has 0 amide bonds. The number of nitrogens with zero attached hydrogens (tertiary/aromatic N) is 3. The highest BCUT2D eigenvalue weighted by molar-refractivity contribution is 7.89. The molecule has 0 bridgehead atoms. The van der Waals surface area contributed by atoms with Gasteiger partial charge in [-0.3, -0.25) is 0 Å². The van der Waals surface area contributed by atoms with Crippen LogP contribution in [0.4, 0.5) is 5.95 Å². The minimum absolute atomic E-state index is 0.141. The third kappa shape index (κ3) is 3.48. The first kappa shape index (κ1) is 21.6. The fraction of sp³-hybridized carbons (Fsp3) is 0.304. The summed E-state index contributed by atoms with van der Waals surface area (Å²) >= 11 is 12.0. The second-order valence-electron chi connectivity index (χ2n) is 8.30. The van der Waals surface area contributed by atoms with Crippen LogP contribution in [0.25, 0.3) is 11.3 Å². The van der Waals surface area contributed by atoms with Gasteiger partial charge in [-0.05, 0) is 48.6 Å². The Morgan fingerprint density at radius 3 is 2.53 bits per heavy atom. The number of hydrogen-bond donors (Lipinski definition) is 1. The van der Waals surface area contributed by atoms with E-state index in [1.165, 1.54) is 23.8 Å². The molecule has 0 unspecified atom stereocenters. The number of nitrogens with one attached hydrogen (secondary N) is 1. The number of piperidine rings is 1. The van der Waals surface area contributed by atoms with Crippen LogP contribution < -0.4 is 5.32 Å². The van der Waals surface area contributed by atoms with Crippen LogP contribution in [-0.4, -0.2) is 42.8 Å². The summed E-state index contributed by atoms with van der Waals surface area (Å²) in [7, 11) is -1.84. The van der Waals surface area contributed by atoms with E-state index in [9.17, 15) is 8.42 Å². The van der Waals surface area contributed by atoms with Gasteiger partial charge in [0.1, 0.15) is 0 Å². The molecule has 2 aliphatic rings. The van der Waals surface area contributed by atoms with Gasteiger partial charge in [0.05, 0.1) is 20.6 Å². The standard InChI is InChI=1S/C23H22Cl2N4O2S/c1-26-22-27-14-15-13-23(18-5-3-2-4-17(18)21(15)28-22)8-10-29(11-9-23)32(30,31)16-6-7-19(24)20(25)12-16/h2-7,12,14H,8-11,13H2,1H3,(H,26,27,28). The summed E-state index contributed by atoms with van der Waals surface area (Å²) in [6, 6.07) is 12.8. The number of hydrogen-bond acceptors (Lipinski definition) is 5. The van der Waals surface area contributed by atoms with Gasteiger partial charge in [-0.1, -0.05) is 47.5 Å². The SMILES string of the molecule is CNc1ncc2c(n1)-c1ccccc1C1(CCN(S(=O)(=O)c3ccc(Cl)c(Cl)c3)CC1)C2. The Hall–Kier alpha value is -2.19. The molecule has 2 aromatic carbocycles. The average molecular weight is 489 g/mol. The van der Waals surface area contributed by atoms with Crippen molar-refractivity contribution in [2.45, 2.75) is 29.6 Å². The molecule has 1 aliphatic carbocycles. The molecule has 32 heavy (non-hydrogen) atoms. The van der Waals surface area contributed by atoms with Crippen LogP contribution in [0.3, 0.4) is 0 Å². The van der Waals surface area contributed by atoms with E-state index >= 15 is 0 Å². The highest BCUT2D eigenvalue weighted by Crippen LogP contribution is 2.48. The predicted molar refractivity (Wildman–Crippen MR) is 127 cm³/mol. The number of fused-ring (bicyclic) bond motifs is 4. The van der Waals surface area contributed by atoms with Crippen molar-refractivity contribution < 1.29 is 8.42 Å². The van der Waals surface area contributed by atoms with Crippen molar-refractivity contribution in [2.24, 2.45) is 0 Å². The number of halogens is 2. The zero-order valence-corrected chi connectivity index (χ0v) is 19.8. The molecule has 3 aromatic rings. The van der Waals surface area contributed by atoms with Crippen LogP contribution >= 0.6 is 23.2 Å². The first-order valence-electron chi connectivity index (χ1n) is 10.4. The first-order valence-corrected chi connectivity index (χ1v) is 12.6. The van der Waals surface area contributed by atoms with E-state index in [1.54, 1.807) is 4.31 Å². The molecule has 5 rings (SSSR count). The number of sulfonamides is 1. The maximum atomic E-state index is 13.2. The van der Waals surface area contributed by atoms with E-state index in [-0.39, 0.29) is 15.3 Å². The molecular formula is C23H22Cl2N4O2S. The molecule has 2 heterocycles. The van der Waals surface area contributed by atoms with E-state index in [2.05, 4.69) is 22.4 Å². The lowest BCUT2D eigenvalue weighted by Gasteiger charge is -2.45. The van der Waals surface area contributed by atoms with Crippen LogP contribution in [-0.2, 0) is 21.9 Å². The van der Waals surface area contributed by atoms with E-state index in [0.717, 1.165) is 36.1 Å². The largest absolute Gasteiger partial charge is 0.357 e. The fourth-order valence-corrected chi connectivity index (χ4v) is 6.72. The van der Waals surface area contributed by atoms with Crippen LogP contribution in [0.15, 0.2) is 53.6 Å². The molecule has 0 saturated carbocycles. The summed E-state index contributed by atoms with van der Waals surface area (Å²) in [5.74, 6) is 0.594. The topological polar surface area (TPSA) is 75.2 Å². The van der Waals surface area contributed by atoms with Crippen LogP contribution in [0, 0.1) is 0 Å². The van der Waals surface area contributed by atoms with Crippen molar-refractivity contribution in [3.63, 3.8) is 0 Å². The molecular weight excluding hydrogens is 467 g/mol. The third-order valence-corrected chi connectivity index (χ3v) is 9.21. The van der Waals surface area contributed by atoms with Crippen molar-refractivity contribution in [3.8, 4) is 11.3 Å². The second kappa shape index (κ2) is 7.99. The molecule has 1 aliphatic heterocycles. The summed E-state index contributed by atoms with van der Waals surface area (Å²) in [4.78, 5) is 9.30. The molecule has 1 fully saturated rings. The van der Waals surface area contributed by atoms with Crippen molar-refractivity contribution in [3.05, 3.63) is 69.8 Å². The van der Waals surface area contributed by atoms with Crippen molar-refractivity contribution >= 4 is 39.2 Å². The first-order chi connectivity index (χ1) is 15.3. The van der Waals surface area contributed by atoms with E-state index < -0.39 is 10.0 Å². The quantitative estimate of drug-likeness (QED) is 0.574. The zero-order chi connectivity index (χ0) is 22.5. The molecule has 6 nitrogen and oxygen atoms in total. The summed E-state index contributed by atoms with van der Waals surface area (Å²) in [5.41, 5.74) is 4.26. The Balaban J connectivity index is 1.46. The summed E-state index contributed by atoms with van der Waals surface area (Å²) in [6.45, 7) is 0.864. The van der Waals surface area contributed by atoms with Crippen molar-refractivity contribution in [2.75, 3.05) is 25.5 Å². The van der Waals surface area contributed by atoms with Crippen molar-refractivity contribution in [1.82, 2.24) is 14.3 Å². The predicted octanol–water partition coefficient (Wildman–Crippen LogP) is 4.77. The minimum Gasteiger partial charge on any atom is -0.357 e. The van der Waals surface area contributed by atoms with Crippen LogP contribution in [0.5, 0.6) is 0 Å². The summed E-state index contributed by atoms with van der Waals surface area (Å²) < 4.78 is 28.0. The molecule has 166 valence electrons. The van der Waals surface area contributed by atoms with Crippen LogP contribution in [0.1, 0.15) is 24.0 Å². The van der Waals surface area contributed by atoms with Crippen LogP contribution in [0.2, 0.25) is 10.0 Å². The maximum Gasteiger partial charge on any atom is 0.243 e. The monoisotopic (exact) mass is 488 g/mol. The van der Waals surface area contributed by atoms with Gasteiger partial charge in [0.25, 0.3) is 0 Å². The number of aromatic nitrogens is 2. The molecule has 1 spiro atoms. The van der Waals surface area contributed by atoms with Gasteiger partial charge in [-0.15, -0.1) is 0 Å². The van der Waals surface area contributed by atoms with Gasteiger partial charge in [-0.25, -0.2) is 18.4 Å².